The van der Waals surface area contributed by atoms with Gasteiger partial charge in [0.15, 0.2) is 6.17 Å². The highest BCUT2D eigenvalue weighted by molar-refractivity contribution is 9.10. The number of amides is 1. The molecule has 1 amide bonds. The third-order valence-corrected chi connectivity index (χ3v) is 5.12. The number of halogens is 1. The lowest BCUT2D eigenvalue weighted by molar-refractivity contribution is 0.0707. The predicted molar refractivity (Wildman–Crippen MR) is 103 cm³/mol. The van der Waals surface area contributed by atoms with E-state index in [1.165, 1.54) is 0 Å². The van der Waals surface area contributed by atoms with Gasteiger partial charge in [-0.1, -0.05) is 45.4 Å². The molecule has 0 bridgehead atoms. The van der Waals surface area contributed by atoms with Gasteiger partial charge in [0.25, 0.3) is 5.91 Å². The van der Waals surface area contributed by atoms with Crippen molar-refractivity contribution in [2.45, 2.75) is 12.7 Å². The molecule has 2 heterocycles. The third-order valence-electron chi connectivity index (χ3n) is 4.62. The number of hydrogen-bond acceptors (Lipinski definition) is 4. The standard InChI is InChI=1S/C19H18BrN5O/c1-23-17-9-4-3-8-15(17)19(26)24(2)18(23)16-12-25(22-21-16)11-13-6-5-7-14(20)10-13/h3-10,12,18H,11H2,1-2H3/t18-/m1/s1. The molecule has 1 aliphatic heterocycles. The van der Waals surface area contributed by atoms with Crippen molar-refractivity contribution in [3.05, 3.63) is 76.0 Å². The molecule has 2 aromatic carbocycles. The zero-order valence-electron chi connectivity index (χ0n) is 14.5. The van der Waals surface area contributed by atoms with Crippen LogP contribution in [-0.2, 0) is 6.54 Å². The minimum Gasteiger partial charge on any atom is -0.348 e. The molecule has 1 aromatic heterocycles. The first-order valence-corrected chi connectivity index (χ1v) is 9.07. The van der Waals surface area contributed by atoms with Gasteiger partial charge in [0.05, 0.1) is 24.0 Å². The highest BCUT2D eigenvalue weighted by atomic mass is 79.9. The summed E-state index contributed by atoms with van der Waals surface area (Å²) in [4.78, 5) is 16.5. The minimum atomic E-state index is -0.284. The molecule has 7 heteroatoms. The largest absolute Gasteiger partial charge is 0.348 e. The van der Waals surface area contributed by atoms with E-state index in [0.717, 1.165) is 21.4 Å². The molecule has 0 saturated heterocycles. The Kier molecular flexibility index (Phi) is 4.24. The van der Waals surface area contributed by atoms with Crippen molar-refractivity contribution >= 4 is 27.5 Å². The van der Waals surface area contributed by atoms with Gasteiger partial charge >= 0.3 is 0 Å². The fourth-order valence-corrected chi connectivity index (χ4v) is 3.83. The second-order valence-electron chi connectivity index (χ2n) is 6.39. The monoisotopic (exact) mass is 411 g/mol. The van der Waals surface area contributed by atoms with Gasteiger partial charge in [-0.3, -0.25) is 4.79 Å². The molecule has 3 aromatic rings. The number of benzene rings is 2. The highest BCUT2D eigenvalue weighted by Crippen LogP contribution is 2.35. The van der Waals surface area contributed by atoms with Crippen LogP contribution >= 0.6 is 15.9 Å². The zero-order chi connectivity index (χ0) is 18.3. The molecular weight excluding hydrogens is 394 g/mol. The van der Waals surface area contributed by atoms with Gasteiger partial charge in [-0.15, -0.1) is 5.10 Å². The Bertz CT molecular complexity index is 970. The maximum Gasteiger partial charge on any atom is 0.257 e. The normalized spacial score (nSPS) is 16.7. The minimum absolute atomic E-state index is 0.00904. The van der Waals surface area contributed by atoms with E-state index in [9.17, 15) is 4.79 Å². The Morgan fingerprint density at radius 2 is 1.88 bits per heavy atom. The molecule has 0 unspecified atom stereocenters. The maximum absolute atomic E-state index is 12.7. The van der Waals surface area contributed by atoms with Crippen LogP contribution in [-0.4, -0.2) is 39.9 Å². The zero-order valence-corrected chi connectivity index (χ0v) is 16.1. The molecule has 0 aliphatic carbocycles. The van der Waals surface area contributed by atoms with E-state index in [-0.39, 0.29) is 12.1 Å². The summed E-state index contributed by atoms with van der Waals surface area (Å²) in [6.45, 7) is 0.622. The van der Waals surface area contributed by atoms with Gasteiger partial charge < -0.3 is 9.80 Å². The summed E-state index contributed by atoms with van der Waals surface area (Å²) in [5, 5.41) is 8.59. The highest BCUT2D eigenvalue weighted by Gasteiger charge is 2.35. The Balaban J connectivity index is 1.64. The van der Waals surface area contributed by atoms with Gasteiger partial charge in [0.1, 0.15) is 5.69 Å². The molecule has 0 fully saturated rings. The van der Waals surface area contributed by atoms with Crippen LogP contribution in [0.5, 0.6) is 0 Å². The number of hydrogen-bond donors (Lipinski definition) is 0. The molecule has 0 radical (unpaired) electrons. The van der Waals surface area contributed by atoms with E-state index in [1.807, 2.05) is 55.7 Å². The molecule has 4 rings (SSSR count). The predicted octanol–water partition coefficient (Wildman–Crippen LogP) is 3.31. The Morgan fingerprint density at radius 3 is 2.69 bits per heavy atom. The number of carbonyl (C=O) groups is 1. The van der Waals surface area contributed by atoms with Gasteiger partial charge in [-0.25, -0.2) is 4.68 Å². The summed E-state index contributed by atoms with van der Waals surface area (Å²) in [6, 6.07) is 15.7. The first-order chi connectivity index (χ1) is 12.5. The van der Waals surface area contributed by atoms with Crippen molar-refractivity contribution in [3.8, 4) is 0 Å². The fourth-order valence-electron chi connectivity index (χ4n) is 3.38. The van der Waals surface area contributed by atoms with Gasteiger partial charge in [-0.05, 0) is 29.8 Å². The number of anilines is 1. The van der Waals surface area contributed by atoms with Crippen molar-refractivity contribution in [2.24, 2.45) is 0 Å². The Hall–Kier alpha value is -2.67. The topological polar surface area (TPSA) is 54.3 Å². The van der Waals surface area contributed by atoms with Crippen LogP contribution < -0.4 is 4.90 Å². The van der Waals surface area contributed by atoms with Crippen LogP contribution in [0.3, 0.4) is 0 Å². The molecule has 0 saturated carbocycles. The van der Waals surface area contributed by atoms with E-state index >= 15 is 0 Å². The van der Waals surface area contributed by atoms with Crippen LogP contribution in [0.4, 0.5) is 5.69 Å². The second-order valence-corrected chi connectivity index (χ2v) is 7.30. The molecule has 0 spiro atoms. The molecular formula is C19H18BrN5O. The van der Waals surface area contributed by atoms with E-state index in [4.69, 9.17) is 0 Å². The average molecular weight is 412 g/mol. The SMILES string of the molecule is CN1C(=O)c2ccccc2N(C)[C@H]1c1cn(Cc2cccc(Br)c2)nn1. The molecule has 0 N–H and O–H groups in total. The Morgan fingerprint density at radius 1 is 1.08 bits per heavy atom. The van der Waals surface area contributed by atoms with Crippen LogP contribution in [0.2, 0.25) is 0 Å². The van der Waals surface area contributed by atoms with Crippen molar-refractivity contribution in [3.63, 3.8) is 0 Å². The first-order valence-electron chi connectivity index (χ1n) is 8.28. The van der Waals surface area contributed by atoms with E-state index in [1.54, 1.807) is 16.6 Å². The lowest BCUT2D eigenvalue weighted by Gasteiger charge is -2.40. The number of aromatic nitrogens is 3. The van der Waals surface area contributed by atoms with Gasteiger partial charge in [0.2, 0.25) is 0 Å². The number of rotatable bonds is 3. The number of para-hydroxylation sites is 1. The van der Waals surface area contributed by atoms with E-state index < -0.39 is 0 Å². The second kappa shape index (κ2) is 6.57. The summed E-state index contributed by atoms with van der Waals surface area (Å²) < 4.78 is 2.83. The van der Waals surface area contributed by atoms with Gasteiger partial charge in [0, 0.05) is 18.6 Å². The molecule has 1 atom stereocenters. The van der Waals surface area contributed by atoms with Crippen molar-refractivity contribution in [2.75, 3.05) is 19.0 Å². The van der Waals surface area contributed by atoms with Crippen LogP contribution in [0, 0.1) is 0 Å². The summed E-state index contributed by atoms with van der Waals surface area (Å²) >= 11 is 3.48. The summed E-state index contributed by atoms with van der Waals surface area (Å²) in [5.41, 5.74) is 3.48. The molecule has 132 valence electrons. The van der Waals surface area contributed by atoms with Gasteiger partial charge in [-0.2, -0.15) is 0 Å². The van der Waals surface area contributed by atoms with Crippen molar-refractivity contribution < 1.29 is 4.79 Å². The van der Waals surface area contributed by atoms with Crippen LogP contribution in [0.25, 0.3) is 0 Å². The Labute approximate surface area is 160 Å². The summed E-state index contributed by atoms with van der Waals surface area (Å²) in [5.74, 6) is -0.00904. The first kappa shape index (κ1) is 16.8. The summed E-state index contributed by atoms with van der Waals surface area (Å²) in [6.07, 6.45) is 1.62. The number of nitrogens with zero attached hydrogens (tertiary/aromatic N) is 5. The molecule has 26 heavy (non-hydrogen) atoms. The fraction of sp³-hybridized carbons (Fsp3) is 0.211. The smallest absolute Gasteiger partial charge is 0.257 e. The van der Waals surface area contributed by atoms with E-state index in [0.29, 0.717) is 12.1 Å². The number of carbonyl (C=O) groups excluding carboxylic acids is 1. The molecule has 6 nitrogen and oxygen atoms in total. The number of fused-ring (bicyclic) bond motifs is 1. The quantitative estimate of drug-likeness (QED) is 0.663. The lowest BCUT2D eigenvalue weighted by atomic mass is 10.1. The molecule has 1 aliphatic rings. The van der Waals surface area contributed by atoms with E-state index in [2.05, 4.69) is 37.2 Å². The maximum atomic E-state index is 12.7. The van der Waals surface area contributed by atoms with Crippen LogP contribution in [0.15, 0.2) is 59.2 Å². The van der Waals surface area contributed by atoms with Crippen LogP contribution in [0.1, 0.15) is 27.8 Å². The van der Waals surface area contributed by atoms with Crippen molar-refractivity contribution in [1.29, 1.82) is 0 Å². The summed E-state index contributed by atoms with van der Waals surface area (Å²) in [7, 11) is 3.77. The third kappa shape index (κ3) is 2.88. The average Bonchev–Trinajstić information content (AvgIpc) is 3.08. The van der Waals surface area contributed by atoms with Crippen molar-refractivity contribution in [1.82, 2.24) is 19.9 Å². The lowest BCUT2D eigenvalue weighted by Crippen LogP contribution is -2.45.